The molecule has 102 valence electrons. The number of nitrogens with two attached hydrogens (primary N) is 1. The van der Waals surface area contributed by atoms with Crippen LogP contribution in [0.25, 0.3) is 0 Å². The number of ether oxygens (including phenoxy) is 1. The molecule has 0 spiro atoms. The van der Waals surface area contributed by atoms with Gasteiger partial charge in [-0.15, -0.1) is 0 Å². The Bertz CT molecular complexity index is 617. The van der Waals surface area contributed by atoms with Gasteiger partial charge in [0.1, 0.15) is 0 Å². The zero-order valence-corrected chi connectivity index (χ0v) is 11.0. The summed E-state index contributed by atoms with van der Waals surface area (Å²) in [6.07, 6.45) is 4.14. The number of hydrogen-bond donors (Lipinski definition) is 1. The van der Waals surface area contributed by atoms with Gasteiger partial charge in [-0.2, -0.15) is 0 Å². The second kappa shape index (κ2) is 7.27. The number of halogens is 1. The zero-order chi connectivity index (χ0) is 14.2. The van der Waals surface area contributed by atoms with Crippen LogP contribution in [0.3, 0.4) is 0 Å². The first-order valence-electron chi connectivity index (χ1n) is 6.30. The van der Waals surface area contributed by atoms with Crippen LogP contribution in [0.2, 0.25) is 0 Å². The molecule has 0 fully saturated rings. The number of nitrogens with zero attached hydrogens (tertiary/aromatic N) is 1. The number of aromatic nitrogens is 1. The van der Waals surface area contributed by atoms with E-state index >= 15 is 0 Å². The molecule has 0 amide bonds. The molecule has 0 unspecified atom stereocenters. The topological polar surface area (TPSA) is 48.1 Å². The maximum absolute atomic E-state index is 13.6. The van der Waals surface area contributed by atoms with Gasteiger partial charge < -0.3 is 10.5 Å². The van der Waals surface area contributed by atoms with Crippen LogP contribution >= 0.6 is 0 Å². The molecule has 1 aromatic heterocycles. The summed E-state index contributed by atoms with van der Waals surface area (Å²) >= 11 is 0. The van der Waals surface area contributed by atoms with Crippen molar-refractivity contribution in [3.63, 3.8) is 0 Å². The van der Waals surface area contributed by atoms with Gasteiger partial charge in [-0.05, 0) is 35.9 Å². The van der Waals surface area contributed by atoms with Crippen LogP contribution in [-0.2, 0) is 6.42 Å². The molecule has 2 rings (SSSR count). The van der Waals surface area contributed by atoms with Crippen molar-refractivity contribution in [3.05, 3.63) is 59.7 Å². The first kappa shape index (κ1) is 14.0. The van der Waals surface area contributed by atoms with E-state index in [9.17, 15) is 4.39 Å². The molecule has 4 heteroatoms. The molecule has 3 nitrogen and oxygen atoms in total. The van der Waals surface area contributed by atoms with E-state index in [1.807, 2.05) is 12.1 Å². The Hall–Kier alpha value is -2.38. The van der Waals surface area contributed by atoms with Crippen LogP contribution in [0.5, 0.6) is 5.75 Å². The van der Waals surface area contributed by atoms with Crippen LogP contribution in [0.1, 0.15) is 11.1 Å². The smallest absolute Gasteiger partial charge is 0.165 e. The Labute approximate surface area is 117 Å². The van der Waals surface area contributed by atoms with Crippen LogP contribution in [0.4, 0.5) is 4.39 Å². The molecule has 0 aliphatic rings. The van der Waals surface area contributed by atoms with Gasteiger partial charge in [-0.1, -0.05) is 11.8 Å². The molecule has 0 bridgehead atoms. The molecule has 1 heterocycles. The highest BCUT2D eigenvalue weighted by atomic mass is 19.1. The lowest BCUT2D eigenvalue weighted by molar-refractivity contribution is 0.305. The van der Waals surface area contributed by atoms with Crippen LogP contribution in [0, 0.1) is 17.7 Å². The molecule has 0 radical (unpaired) electrons. The lowest BCUT2D eigenvalue weighted by Gasteiger charge is -2.07. The Kier molecular flexibility index (Phi) is 5.10. The maximum atomic E-state index is 13.6. The second-order valence-corrected chi connectivity index (χ2v) is 4.11. The van der Waals surface area contributed by atoms with Gasteiger partial charge in [0.25, 0.3) is 0 Å². The summed E-state index contributed by atoms with van der Waals surface area (Å²) in [6, 6.07) is 8.35. The van der Waals surface area contributed by atoms with Crippen molar-refractivity contribution in [1.82, 2.24) is 4.98 Å². The third kappa shape index (κ3) is 4.08. The molecule has 0 saturated heterocycles. The van der Waals surface area contributed by atoms with E-state index in [-0.39, 0.29) is 12.3 Å². The standard InChI is InChI=1S/C16H15FN2O/c17-15-4-3-14(2-1-8-18)12-16(15)20-11-7-13-5-9-19-10-6-13/h3-6,9-10,12H,7-8,11,18H2. The zero-order valence-electron chi connectivity index (χ0n) is 11.0. The Morgan fingerprint density at radius 1 is 1.20 bits per heavy atom. The van der Waals surface area contributed by atoms with E-state index < -0.39 is 5.82 Å². The fourth-order valence-corrected chi connectivity index (χ4v) is 1.67. The second-order valence-electron chi connectivity index (χ2n) is 4.11. The summed E-state index contributed by atoms with van der Waals surface area (Å²) in [5.41, 5.74) is 7.09. The van der Waals surface area contributed by atoms with Crippen molar-refractivity contribution in [2.75, 3.05) is 13.2 Å². The van der Waals surface area contributed by atoms with Gasteiger partial charge in [0, 0.05) is 24.4 Å². The molecule has 2 aromatic rings. The first-order valence-corrected chi connectivity index (χ1v) is 6.30. The van der Waals surface area contributed by atoms with Crippen molar-refractivity contribution in [1.29, 1.82) is 0 Å². The molecule has 20 heavy (non-hydrogen) atoms. The largest absolute Gasteiger partial charge is 0.490 e. The van der Waals surface area contributed by atoms with Gasteiger partial charge in [0.05, 0.1) is 13.2 Å². The fourth-order valence-electron chi connectivity index (χ4n) is 1.67. The SMILES string of the molecule is NCC#Cc1ccc(F)c(OCCc2ccncc2)c1. The minimum Gasteiger partial charge on any atom is -0.490 e. The third-order valence-electron chi connectivity index (χ3n) is 2.66. The number of rotatable bonds is 4. The maximum Gasteiger partial charge on any atom is 0.165 e. The normalized spacial score (nSPS) is 9.70. The lowest BCUT2D eigenvalue weighted by atomic mass is 10.2. The molecule has 0 saturated carbocycles. The summed E-state index contributed by atoms with van der Waals surface area (Å²) in [4.78, 5) is 3.94. The van der Waals surface area contributed by atoms with Crippen LogP contribution in [0.15, 0.2) is 42.7 Å². The average molecular weight is 270 g/mol. The predicted octanol–water partition coefficient (Wildman–Crippen LogP) is 2.15. The summed E-state index contributed by atoms with van der Waals surface area (Å²) in [6.45, 7) is 0.671. The van der Waals surface area contributed by atoms with Gasteiger partial charge in [-0.3, -0.25) is 4.98 Å². The fraction of sp³-hybridized carbons (Fsp3) is 0.188. The quantitative estimate of drug-likeness (QED) is 0.866. The predicted molar refractivity (Wildman–Crippen MR) is 75.8 cm³/mol. The van der Waals surface area contributed by atoms with E-state index in [0.717, 1.165) is 5.56 Å². The van der Waals surface area contributed by atoms with Gasteiger partial charge >= 0.3 is 0 Å². The van der Waals surface area contributed by atoms with Gasteiger partial charge in [0.15, 0.2) is 11.6 Å². The van der Waals surface area contributed by atoms with E-state index in [4.69, 9.17) is 10.5 Å². The van der Waals surface area contributed by atoms with Gasteiger partial charge in [0.2, 0.25) is 0 Å². The monoisotopic (exact) mass is 270 g/mol. The first-order chi connectivity index (χ1) is 9.79. The van der Waals surface area contributed by atoms with E-state index in [1.54, 1.807) is 24.5 Å². The Morgan fingerprint density at radius 3 is 2.75 bits per heavy atom. The molecule has 0 aliphatic carbocycles. The van der Waals surface area contributed by atoms with E-state index in [1.165, 1.54) is 6.07 Å². The molecule has 0 aliphatic heterocycles. The van der Waals surface area contributed by atoms with Crippen LogP contribution < -0.4 is 10.5 Å². The molecular weight excluding hydrogens is 255 g/mol. The number of pyridine rings is 1. The van der Waals surface area contributed by atoms with Crippen molar-refractivity contribution in [2.45, 2.75) is 6.42 Å². The minimum atomic E-state index is -0.391. The average Bonchev–Trinajstić information content (AvgIpc) is 2.49. The van der Waals surface area contributed by atoms with Crippen LogP contribution in [-0.4, -0.2) is 18.1 Å². The van der Waals surface area contributed by atoms with Gasteiger partial charge in [-0.25, -0.2) is 4.39 Å². The number of benzene rings is 1. The summed E-state index contributed by atoms with van der Waals surface area (Å²) < 4.78 is 19.1. The van der Waals surface area contributed by atoms with Crippen molar-refractivity contribution in [3.8, 4) is 17.6 Å². The molecule has 2 N–H and O–H groups in total. The van der Waals surface area contributed by atoms with E-state index in [2.05, 4.69) is 16.8 Å². The lowest BCUT2D eigenvalue weighted by Crippen LogP contribution is -2.03. The van der Waals surface area contributed by atoms with Crippen molar-refractivity contribution >= 4 is 0 Å². The minimum absolute atomic E-state index is 0.211. The van der Waals surface area contributed by atoms with E-state index in [0.29, 0.717) is 18.6 Å². The highest BCUT2D eigenvalue weighted by Gasteiger charge is 2.04. The summed E-state index contributed by atoms with van der Waals surface area (Å²) in [5.74, 6) is 5.40. The third-order valence-corrected chi connectivity index (χ3v) is 2.66. The Balaban J connectivity index is 1.98. The molecule has 0 atom stereocenters. The number of hydrogen-bond acceptors (Lipinski definition) is 3. The van der Waals surface area contributed by atoms with Crippen molar-refractivity contribution < 1.29 is 9.13 Å². The highest BCUT2D eigenvalue weighted by molar-refractivity contribution is 5.40. The summed E-state index contributed by atoms with van der Waals surface area (Å²) in [5, 5.41) is 0. The summed E-state index contributed by atoms with van der Waals surface area (Å²) in [7, 11) is 0. The Morgan fingerprint density at radius 2 is 2.00 bits per heavy atom. The van der Waals surface area contributed by atoms with Crippen molar-refractivity contribution in [2.24, 2.45) is 5.73 Å². The highest BCUT2D eigenvalue weighted by Crippen LogP contribution is 2.18. The molecular formula is C16H15FN2O. The molecule has 1 aromatic carbocycles.